The molecule has 220 valence electrons. The van der Waals surface area contributed by atoms with Crippen LogP contribution in [0, 0.1) is 0 Å². The van der Waals surface area contributed by atoms with Crippen LogP contribution >= 0.6 is 38.9 Å². The van der Waals surface area contributed by atoms with E-state index in [1.165, 1.54) is 22.5 Å². The van der Waals surface area contributed by atoms with Crippen LogP contribution in [0.15, 0.2) is 111 Å². The number of allylic oxidation sites excluding steroid dienone is 1. The van der Waals surface area contributed by atoms with E-state index in [-0.39, 0.29) is 11.6 Å². The summed E-state index contributed by atoms with van der Waals surface area (Å²) in [5, 5.41) is 0.687. The van der Waals surface area contributed by atoms with E-state index in [9.17, 15) is 4.79 Å². The lowest BCUT2D eigenvalue weighted by atomic mass is 9.83. The molecule has 5 aromatic rings. The highest BCUT2D eigenvalue weighted by atomic mass is 79.9. The van der Waals surface area contributed by atoms with Gasteiger partial charge in [0, 0.05) is 15.1 Å². The number of hydrogen-bond donors (Lipinski definition) is 0. The zero-order chi connectivity index (χ0) is 30.2. The predicted octanol–water partition coefficient (Wildman–Crippen LogP) is 7.71. The molecule has 2 aliphatic rings. The number of thiazole rings is 1. The lowest BCUT2D eigenvalue weighted by Gasteiger charge is -2.30. The molecular formula is C36H28BrClN2O3S. The minimum absolute atomic E-state index is 0.0481. The van der Waals surface area contributed by atoms with Gasteiger partial charge in [-0.25, -0.2) is 4.99 Å². The molecule has 44 heavy (non-hydrogen) atoms. The Morgan fingerprint density at radius 1 is 0.977 bits per heavy atom. The Labute approximate surface area is 272 Å². The SMILES string of the molecule is CCOc1cc(/C=c2\sc3n(c2=O)[C@H](c2ccc(Br)cc2)C2=C(N=3)c3ccccc3CC2)ccc1OCc1ccc(Cl)cc1. The van der Waals surface area contributed by atoms with E-state index in [0.29, 0.717) is 39.1 Å². The lowest BCUT2D eigenvalue weighted by Crippen LogP contribution is -2.38. The summed E-state index contributed by atoms with van der Waals surface area (Å²) in [5.41, 5.74) is 7.52. The van der Waals surface area contributed by atoms with Crippen molar-refractivity contribution < 1.29 is 9.47 Å². The maximum Gasteiger partial charge on any atom is 0.271 e. The normalized spacial score (nSPS) is 15.7. The highest BCUT2D eigenvalue weighted by molar-refractivity contribution is 9.10. The fourth-order valence-electron chi connectivity index (χ4n) is 5.86. The van der Waals surface area contributed by atoms with Crippen molar-refractivity contribution in [1.82, 2.24) is 4.57 Å². The fourth-order valence-corrected chi connectivity index (χ4v) is 7.25. The largest absolute Gasteiger partial charge is 0.490 e. The van der Waals surface area contributed by atoms with Crippen LogP contribution in [-0.2, 0) is 13.0 Å². The van der Waals surface area contributed by atoms with Crippen molar-refractivity contribution >= 4 is 50.6 Å². The van der Waals surface area contributed by atoms with E-state index in [1.807, 2.05) is 72.2 Å². The van der Waals surface area contributed by atoms with Gasteiger partial charge in [-0.1, -0.05) is 93.5 Å². The van der Waals surface area contributed by atoms with Gasteiger partial charge in [0.1, 0.15) is 6.61 Å². The minimum Gasteiger partial charge on any atom is -0.490 e. The average Bonchev–Trinajstić information content (AvgIpc) is 3.35. The van der Waals surface area contributed by atoms with Gasteiger partial charge in [0.05, 0.1) is 22.9 Å². The zero-order valence-corrected chi connectivity index (χ0v) is 27.1. The molecule has 0 spiro atoms. The minimum atomic E-state index is -0.215. The van der Waals surface area contributed by atoms with Gasteiger partial charge in [0.15, 0.2) is 16.3 Å². The second-order valence-electron chi connectivity index (χ2n) is 10.7. The summed E-state index contributed by atoms with van der Waals surface area (Å²) in [6.07, 6.45) is 3.70. The first-order valence-electron chi connectivity index (χ1n) is 14.5. The van der Waals surface area contributed by atoms with Gasteiger partial charge in [-0.15, -0.1) is 0 Å². The molecule has 0 bridgehead atoms. The topological polar surface area (TPSA) is 52.8 Å². The maximum atomic E-state index is 14.1. The van der Waals surface area contributed by atoms with Gasteiger partial charge in [0.2, 0.25) is 0 Å². The van der Waals surface area contributed by atoms with Gasteiger partial charge in [-0.2, -0.15) is 0 Å². The molecule has 0 saturated heterocycles. The number of hydrogen-bond acceptors (Lipinski definition) is 5. The van der Waals surface area contributed by atoms with Crippen molar-refractivity contribution in [3.63, 3.8) is 0 Å². The van der Waals surface area contributed by atoms with Crippen molar-refractivity contribution in [3.05, 3.63) is 154 Å². The molecule has 1 aliphatic heterocycles. The maximum absolute atomic E-state index is 14.1. The quantitative estimate of drug-likeness (QED) is 0.177. The molecule has 2 heterocycles. The smallest absolute Gasteiger partial charge is 0.271 e. The summed E-state index contributed by atoms with van der Waals surface area (Å²) in [7, 11) is 0. The number of benzene rings is 4. The Morgan fingerprint density at radius 3 is 2.57 bits per heavy atom. The van der Waals surface area contributed by atoms with Crippen molar-refractivity contribution in [2.24, 2.45) is 4.99 Å². The summed E-state index contributed by atoms with van der Waals surface area (Å²) in [5.74, 6) is 1.27. The highest BCUT2D eigenvalue weighted by Gasteiger charge is 2.32. The van der Waals surface area contributed by atoms with Crippen LogP contribution in [0.2, 0.25) is 5.02 Å². The first-order chi connectivity index (χ1) is 21.5. The van der Waals surface area contributed by atoms with Gasteiger partial charge in [-0.3, -0.25) is 9.36 Å². The van der Waals surface area contributed by atoms with Crippen molar-refractivity contribution in [2.45, 2.75) is 32.4 Å². The lowest BCUT2D eigenvalue weighted by molar-refractivity contribution is 0.269. The van der Waals surface area contributed by atoms with E-state index in [0.717, 1.165) is 45.3 Å². The molecule has 4 aromatic carbocycles. The molecule has 0 saturated carbocycles. The van der Waals surface area contributed by atoms with Crippen molar-refractivity contribution in [3.8, 4) is 11.5 Å². The summed E-state index contributed by atoms with van der Waals surface area (Å²) in [6.45, 7) is 2.82. The van der Waals surface area contributed by atoms with E-state index in [2.05, 4.69) is 52.3 Å². The standard InChI is InChI=1S/C36H28BrClN2O3S/c1-2-42-31-19-23(9-18-30(31)43-21-22-7-15-27(38)16-8-22)20-32-35(41)40-34(25-10-13-26(37)14-11-25)29-17-12-24-5-3-4-6-28(24)33(29)39-36(40)44-32/h3-11,13-16,18-20,34H,2,12,17,21H2,1H3/b32-20-/t34-/m1/s1. The van der Waals surface area contributed by atoms with Gasteiger partial charge in [0.25, 0.3) is 5.56 Å². The molecule has 1 aliphatic carbocycles. The third-order valence-electron chi connectivity index (χ3n) is 7.93. The Hall–Kier alpha value is -3.91. The summed E-state index contributed by atoms with van der Waals surface area (Å²) in [4.78, 5) is 20.0. The molecule has 7 rings (SSSR count). The number of halogens is 2. The summed E-state index contributed by atoms with van der Waals surface area (Å²) < 4.78 is 15.5. The number of fused-ring (bicyclic) bond motifs is 3. The van der Waals surface area contributed by atoms with Crippen LogP contribution in [0.3, 0.4) is 0 Å². The van der Waals surface area contributed by atoms with Crippen LogP contribution in [0.5, 0.6) is 11.5 Å². The molecule has 1 atom stereocenters. The average molecular weight is 684 g/mol. The van der Waals surface area contributed by atoms with E-state index < -0.39 is 0 Å². The monoisotopic (exact) mass is 682 g/mol. The molecule has 0 unspecified atom stereocenters. The van der Waals surface area contributed by atoms with E-state index in [1.54, 1.807) is 0 Å². The predicted molar refractivity (Wildman–Crippen MR) is 180 cm³/mol. The number of ether oxygens (including phenoxy) is 2. The third kappa shape index (κ3) is 5.56. The number of aromatic nitrogens is 1. The third-order valence-corrected chi connectivity index (χ3v) is 9.70. The first kappa shape index (κ1) is 28.8. The fraction of sp³-hybridized carbons (Fsp3) is 0.167. The van der Waals surface area contributed by atoms with Gasteiger partial charge in [-0.05, 0) is 90.1 Å². The second-order valence-corrected chi connectivity index (χ2v) is 13.1. The number of nitrogens with zero attached hydrogens (tertiary/aromatic N) is 2. The van der Waals surface area contributed by atoms with Crippen LogP contribution in [-0.4, -0.2) is 11.2 Å². The van der Waals surface area contributed by atoms with Crippen LogP contribution in [0.1, 0.15) is 47.2 Å². The zero-order valence-electron chi connectivity index (χ0n) is 23.9. The molecular weight excluding hydrogens is 656 g/mol. The number of rotatable bonds is 7. The summed E-state index contributed by atoms with van der Waals surface area (Å²) in [6, 6.07) is 29.9. The molecule has 0 fully saturated rings. The Kier molecular flexibility index (Phi) is 8.02. The van der Waals surface area contributed by atoms with E-state index >= 15 is 0 Å². The molecule has 1 aromatic heterocycles. The Balaban J connectivity index is 1.30. The Bertz CT molecular complexity index is 2080. The molecule has 0 N–H and O–H groups in total. The Morgan fingerprint density at radius 2 is 1.77 bits per heavy atom. The number of aryl methyl sites for hydroxylation is 1. The van der Waals surface area contributed by atoms with Crippen molar-refractivity contribution in [2.75, 3.05) is 6.61 Å². The molecule has 0 amide bonds. The first-order valence-corrected chi connectivity index (χ1v) is 16.5. The second kappa shape index (κ2) is 12.2. The van der Waals surface area contributed by atoms with Crippen LogP contribution < -0.4 is 24.4 Å². The van der Waals surface area contributed by atoms with Crippen LogP contribution in [0.25, 0.3) is 11.8 Å². The highest BCUT2D eigenvalue weighted by Crippen LogP contribution is 2.41. The summed E-state index contributed by atoms with van der Waals surface area (Å²) >= 11 is 11.0. The van der Waals surface area contributed by atoms with Crippen LogP contribution in [0.4, 0.5) is 0 Å². The van der Waals surface area contributed by atoms with Gasteiger partial charge < -0.3 is 9.47 Å². The molecule has 5 nitrogen and oxygen atoms in total. The van der Waals surface area contributed by atoms with E-state index in [4.69, 9.17) is 26.1 Å². The van der Waals surface area contributed by atoms with Crippen molar-refractivity contribution in [1.29, 1.82) is 0 Å². The molecule has 8 heteroatoms. The molecule has 0 radical (unpaired) electrons. The van der Waals surface area contributed by atoms with Gasteiger partial charge >= 0.3 is 0 Å².